The van der Waals surface area contributed by atoms with Gasteiger partial charge in [-0.15, -0.1) is 0 Å². The van der Waals surface area contributed by atoms with Gasteiger partial charge in [-0.3, -0.25) is 0 Å². The van der Waals surface area contributed by atoms with Crippen LogP contribution < -0.4 is 5.32 Å². The minimum absolute atomic E-state index is 0.950. The molecule has 0 aliphatic carbocycles. The van der Waals surface area contributed by atoms with E-state index in [9.17, 15) is 0 Å². The van der Waals surface area contributed by atoms with Crippen molar-refractivity contribution in [2.24, 2.45) is 0 Å². The lowest BCUT2D eigenvalue weighted by Gasteiger charge is -2.05. The smallest absolute Gasteiger partial charge is 0.0320 e. The van der Waals surface area contributed by atoms with Crippen LogP contribution in [-0.4, -0.2) is 6.54 Å². The molecule has 0 aliphatic rings. The summed E-state index contributed by atoms with van der Waals surface area (Å²) < 4.78 is 2.22. The van der Waals surface area contributed by atoms with Crippen LogP contribution in [0.2, 0.25) is 0 Å². The average Bonchev–Trinajstić information content (AvgIpc) is 2.18. The number of unbranched alkanes of at least 4 members (excludes halogenated alkanes) is 1. The number of nitrogens with one attached hydrogen (secondary N) is 1. The van der Waals surface area contributed by atoms with Gasteiger partial charge in [0, 0.05) is 15.5 Å². The second-order valence-electron chi connectivity index (χ2n) is 3.28. The van der Waals surface area contributed by atoms with Crippen LogP contribution in [0, 0.1) is 0 Å². The molecular formula is C11H15Br2N. The van der Waals surface area contributed by atoms with E-state index in [0.29, 0.717) is 0 Å². The molecule has 1 nitrogen and oxygen atoms in total. The number of hydrogen-bond donors (Lipinski definition) is 1. The average molecular weight is 321 g/mol. The molecule has 0 radical (unpaired) electrons. The molecule has 0 fully saturated rings. The van der Waals surface area contributed by atoms with E-state index in [0.717, 1.165) is 22.0 Å². The molecular weight excluding hydrogens is 306 g/mol. The largest absolute Gasteiger partial charge is 0.313 e. The van der Waals surface area contributed by atoms with Crippen molar-refractivity contribution in [1.29, 1.82) is 0 Å². The topological polar surface area (TPSA) is 12.0 Å². The third-order valence-electron chi connectivity index (χ3n) is 2.02. The molecule has 1 aromatic carbocycles. The van der Waals surface area contributed by atoms with Crippen molar-refractivity contribution in [3.8, 4) is 0 Å². The number of benzene rings is 1. The van der Waals surface area contributed by atoms with E-state index in [2.05, 4.69) is 62.3 Å². The van der Waals surface area contributed by atoms with E-state index < -0.39 is 0 Å². The predicted octanol–water partition coefficient (Wildman–Crippen LogP) is 4.10. The molecule has 0 spiro atoms. The lowest BCUT2D eigenvalue weighted by atomic mass is 10.2. The zero-order valence-corrected chi connectivity index (χ0v) is 11.5. The van der Waals surface area contributed by atoms with Crippen LogP contribution in [0.5, 0.6) is 0 Å². The first-order valence-corrected chi connectivity index (χ1v) is 6.47. The molecule has 0 saturated carbocycles. The Morgan fingerprint density at radius 2 is 2.00 bits per heavy atom. The summed E-state index contributed by atoms with van der Waals surface area (Å²) in [4.78, 5) is 0. The molecule has 0 unspecified atom stereocenters. The van der Waals surface area contributed by atoms with Gasteiger partial charge in [-0.2, -0.15) is 0 Å². The molecule has 0 aliphatic heterocycles. The van der Waals surface area contributed by atoms with E-state index in [4.69, 9.17) is 0 Å². The highest BCUT2D eigenvalue weighted by Crippen LogP contribution is 2.23. The van der Waals surface area contributed by atoms with Gasteiger partial charge in [0.2, 0.25) is 0 Å². The van der Waals surface area contributed by atoms with Crippen LogP contribution >= 0.6 is 31.9 Å². The maximum atomic E-state index is 3.49. The van der Waals surface area contributed by atoms with Gasteiger partial charge in [-0.25, -0.2) is 0 Å². The monoisotopic (exact) mass is 319 g/mol. The minimum atomic E-state index is 0.950. The van der Waals surface area contributed by atoms with Gasteiger partial charge in [-0.1, -0.05) is 19.4 Å². The van der Waals surface area contributed by atoms with Crippen molar-refractivity contribution in [3.63, 3.8) is 0 Å². The highest BCUT2D eigenvalue weighted by molar-refractivity contribution is 9.13. The van der Waals surface area contributed by atoms with Gasteiger partial charge < -0.3 is 5.32 Å². The van der Waals surface area contributed by atoms with Gasteiger partial charge >= 0.3 is 0 Å². The van der Waals surface area contributed by atoms with E-state index >= 15 is 0 Å². The Balaban J connectivity index is 2.39. The molecule has 1 aromatic rings. The highest BCUT2D eigenvalue weighted by Gasteiger charge is 1.97. The first-order chi connectivity index (χ1) is 6.74. The Morgan fingerprint density at radius 3 is 2.64 bits per heavy atom. The molecule has 0 aromatic heterocycles. The lowest BCUT2D eigenvalue weighted by molar-refractivity contribution is 0.641. The Bertz CT molecular complexity index is 287. The van der Waals surface area contributed by atoms with Crippen molar-refractivity contribution in [2.75, 3.05) is 6.54 Å². The Kier molecular flexibility index (Phi) is 5.75. The SMILES string of the molecule is CCCCNCc1ccc(Br)c(Br)c1. The van der Waals surface area contributed by atoms with Gasteiger partial charge in [0.15, 0.2) is 0 Å². The Hall–Kier alpha value is 0.140. The maximum Gasteiger partial charge on any atom is 0.0320 e. The van der Waals surface area contributed by atoms with Gasteiger partial charge in [-0.05, 0) is 62.5 Å². The highest BCUT2D eigenvalue weighted by atomic mass is 79.9. The summed E-state index contributed by atoms with van der Waals surface area (Å²) in [6, 6.07) is 6.34. The minimum Gasteiger partial charge on any atom is -0.313 e. The first-order valence-electron chi connectivity index (χ1n) is 4.88. The summed E-state index contributed by atoms with van der Waals surface area (Å²) in [5.41, 5.74) is 1.32. The van der Waals surface area contributed by atoms with Gasteiger partial charge in [0.05, 0.1) is 0 Å². The summed E-state index contributed by atoms with van der Waals surface area (Å²) >= 11 is 6.95. The van der Waals surface area contributed by atoms with E-state index in [1.807, 2.05) is 0 Å². The maximum absolute atomic E-state index is 3.49. The standard InChI is InChI=1S/C11H15Br2N/c1-2-3-6-14-8-9-4-5-10(12)11(13)7-9/h4-5,7,14H,2-3,6,8H2,1H3. The quantitative estimate of drug-likeness (QED) is 0.805. The molecule has 14 heavy (non-hydrogen) atoms. The molecule has 0 atom stereocenters. The van der Waals surface area contributed by atoms with Crippen LogP contribution in [0.15, 0.2) is 27.1 Å². The van der Waals surface area contributed by atoms with Gasteiger partial charge in [0.1, 0.15) is 0 Å². The lowest BCUT2D eigenvalue weighted by Crippen LogP contribution is -2.14. The molecule has 0 heterocycles. The third-order valence-corrected chi connectivity index (χ3v) is 3.90. The molecule has 0 amide bonds. The summed E-state index contributed by atoms with van der Waals surface area (Å²) in [6.45, 7) is 4.26. The van der Waals surface area contributed by atoms with Crippen LogP contribution in [0.25, 0.3) is 0 Å². The van der Waals surface area contributed by atoms with Crippen molar-refractivity contribution in [2.45, 2.75) is 26.3 Å². The number of rotatable bonds is 5. The zero-order chi connectivity index (χ0) is 10.4. The second-order valence-corrected chi connectivity index (χ2v) is 4.99. The fourth-order valence-electron chi connectivity index (χ4n) is 1.18. The zero-order valence-electron chi connectivity index (χ0n) is 8.32. The number of halogens is 2. The molecule has 1 N–H and O–H groups in total. The first kappa shape index (κ1) is 12.2. The van der Waals surface area contributed by atoms with Crippen molar-refractivity contribution >= 4 is 31.9 Å². The Labute approximate surface area is 103 Å². The van der Waals surface area contributed by atoms with E-state index in [-0.39, 0.29) is 0 Å². The summed E-state index contributed by atoms with van der Waals surface area (Å²) in [5.74, 6) is 0. The van der Waals surface area contributed by atoms with Crippen LogP contribution in [0.3, 0.4) is 0 Å². The molecule has 1 rings (SSSR count). The fraction of sp³-hybridized carbons (Fsp3) is 0.455. The fourth-order valence-corrected chi connectivity index (χ4v) is 1.86. The third kappa shape index (κ3) is 4.11. The summed E-state index contributed by atoms with van der Waals surface area (Å²) in [5, 5.41) is 3.41. The molecule has 3 heteroatoms. The normalized spacial score (nSPS) is 10.5. The molecule has 0 saturated heterocycles. The Morgan fingerprint density at radius 1 is 1.21 bits per heavy atom. The number of hydrogen-bond acceptors (Lipinski definition) is 1. The van der Waals surface area contributed by atoms with Crippen molar-refractivity contribution < 1.29 is 0 Å². The van der Waals surface area contributed by atoms with E-state index in [1.54, 1.807) is 0 Å². The summed E-state index contributed by atoms with van der Waals surface area (Å²) in [6.07, 6.45) is 2.49. The van der Waals surface area contributed by atoms with Crippen LogP contribution in [0.1, 0.15) is 25.3 Å². The van der Waals surface area contributed by atoms with Crippen molar-refractivity contribution in [1.82, 2.24) is 5.32 Å². The second kappa shape index (κ2) is 6.59. The van der Waals surface area contributed by atoms with Crippen molar-refractivity contribution in [3.05, 3.63) is 32.7 Å². The van der Waals surface area contributed by atoms with Crippen LogP contribution in [0.4, 0.5) is 0 Å². The molecule has 78 valence electrons. The van der Waals surface area contributed by atoms with Gasteiger partial charge in [0.25, 0.3) is 0 Å². The molecule has 0 bridgehead atoms. The van der Waals surface area contributed by atoms with E-state index in [1.165, 1.54) is 18.4 Å². The van der Waals surface area contributed by atoms with Crippen LogP contribution in [-0.2, 0) is 6.54 Å². The summed E-state index contributed by atoms with van der Waals surface area (Å²) in [7, 11) is 0. The predicted molar refractivity (Wildman–Crippen MR) is 68.5 cm³/mol.